The molecule has 2 rings (SSSR count). The zero-order valence-corrected chi connectivity index (χ0v) is 12.8. The number of carbonyl (C=O) groups is 1. The van der Waals surface area contributed by atoms with Gasteiger partial charge in [-0.15, -0.1) is 0 Å². The quantitative estimate of drug-likeness (QED) is 0.794. The van der Waals surface area contributed by atoms with Crippen LogP contribution in [0.15, 0.2) is 24.3 Å². The van der Waals surface area contributed by atoms with Crippen molar-refractivity contribution >= 4 is 11.7 Å². The second-order valence-corrected chi connectivity index (χ2v) is 5.54. The molecule has 20 heavy (non-hydrogen) atoms. The number of hydrogen-bond donors (Lipinski definition) is 0. The second kappa shape index (κ2) is 6.27. The molecule has 0 radical (unpaired) electrons. The minimum absolute atomic E-state index is 0.251. The normalized spacial score (nSPS) is 23.7. The molecule has 0 bridgehead atoms. The number of benzene rings is 1. The molecular formula is C16H24N2O2. The number of carbonyl (C=O) groups excluding carboxylic acids is 1. The monoisotopic (exact) mass is 276 g/mol. The zero-order chi connectivity index (χ0) is 14.7. The van der Waals surface area contributed by atoms with E-state index in [1.165, 1.54) is 5.69 Å². The minimum Gasteiger partial charge on any atom is -0.462 e. The van der Waals surface area contributed by atoms with Gasteiger partial charge >= 0.3 is 5.97 Å². The standard InChI is InChI=1S/C16H24N2O2/c1-5-20-16(19)14-6-8-15(9-7-14)18-10-12(2)17(4)13(3)11-18/h6-9,12-13H,5,10-11H2,1-4H3/t12-,13+. The summed E-state index contributed by atoms with van der Waals surface area (Å²) < 4.78 is 5.00. The van der Waals surface area contributed by atoms with Crippen molar-refractivity contribution in [1.29, 1.82) is 0 Å². The molecule has 1 aliphatic rings. The number of anilines is 1. The highest BCUT2D eigenvalue weighted by atomic mass is 16.5. The third-order valence-corrected chi connectivity index (χ3v) is 4.10. The highest BCUT2D eigenvalue weighted by molar-refractivity contribution is 5.89. The summed E-state index contributed by atoms with van der Waals surface area (Å²) in [5.41, 5.74) is 1.79. The van der Waals surface area contributed by atoms with Gasteiger partial charge in [-0.1, -0.05) is 0 Å². The SMILES string of the molecule is CCOC(=O)c1ccc(N2C[C@@H](C)N(C)[C@@H](C)C2)cc1. The van der Waals surface area contributed by atoms with Gasteiger partial charge < -0.3 is 9.64 Å². The molecule has 1 heterocycles. The Morgan fingerprint density at radius 3 is 2.25 bits per heavy atom. The molecule has 110 valence electrons. The first kappa shape index (κ1) is 14.9. The van der Waals surface area contributed by atoms with Crippen LogP contribution in [0.4, 0.5) is 5.69 Å². The number of nitrogens with zero attached hydrogens (tertiary/aromatic N) is 2. The molecule has 1 saturated heterocycles. The summed E-state index contributed by atoms with van der Waals surface area (Å²) in [6.07, 6.45) is 0. The largest absolute Gasteiger partial charge is 0.462 e. The van der Waals surface area contributed by atoms with E-state index in [1.807, 2.05) is 31.2 Å². The van der Waals surface area contributed by atoms with Crippen LogP contribution in [-0.2, 0) is 4.74 Å². The highest BCUT2D eigenvalue weighted by Gasteiger charge is 2.26. The van der Waals surface area contributed by atoms with Crippen molar-refractivity contribution in [2.45, 2.75) is 32.9 Å². The third-order valence-electron chi connectivity index (χ3n) is 4.10. The van der Waals surface area contributed by atoms with Crippen molar-refractivity contribution in [3.63, 3.8) is 0 Å². The summed E-state index contributed by atoms with van der Waals surface area (Å²) in [5, 5.41) is 0. The molecule has 0 unspecified atom stereocenters. The summed E-state index contributed by atoms with van der Waals surface area (Å²) in [7, 11) is 2.18. The lowest BCUT2D eigenvalue weighted by Gasteiger charge is -2.43. The number of hydrogen-bond acceptors (Lipinski definition) is 4. The first-order valence-electron chi connectivity index (χ1n) is 7.27. The van der Waals surface area contributed by atoms with Crippen molar-refractivity contribution in [2.75, 3.05) is 31.6 Å². The fourth-order valence-electron chi connectivity index (χ4n) is 2.64. The molecule has 1 fully saturated rings. The predicted octanol–water partition coefficient (Wildman–Crippen LogP) is 2.39. The Morgan fingerprint density at radius 1 is 1.20 bits per heavy atom. The average Bonchev–Trinajstić information content (AvgIpc) is 2.44. The molecule has 0 amide bonds. The lowest BCUT2D eigenvalue weighted by atomic mass is 10.1. The minimum atomic E-state index is -0.251. The van der Waals surface area contributed by atoms with Crippen LogP contribution in [0.5, 0.6) is 0 Å². The van der Waals surface area contributed by atoms with Gasteiger partial charge in [-0.05, 0) is 52.1 Å². The molecule has 4 nitrogen and oxygen atoms in total. The van der Waals surface area contributed by atoms with Crippen LogP contribution in [0.25, 0.3) is 0 Å². The van der Waals surface area contributed by atoms with Gasteiger partial charge in [0, 0.05) is 30.9 Å². The van der Waals surface area contributed by atoms with Crippen molar-refractivity contribution in [3.8, 4) is 0 Å². The molecule has 0 aromatic heterocycles. The highest BCUT2D eigenvalue weighted by Crippen LogP contribution is 2.22. The molecule has 0 aliphatic carbocycles. The predicted molar refractivity (Wildman–Crippen MR) is 81.3 cm³/mol. The van der Waals surface area contributed by atoms with Crippen LogP contribution in [0.1, 0.15) is 31.1 Å². The molecule has 0 saturated carbocycles. The fourth-order valence-corrected chi connectivity index (χ4v) is 2.64. The third kappa shape index (κ3) is 3.12. The van der Waals surface area contributed by atoms with E-state index in [1.54, 1.807) is 0 Å². The second-order valence-electron chi connectivity index (χ2n) is 5.54. The Hall–Kier alpha value is -1.55. The Labute approximate surface area is 121 Å². The number of esters is 1. The maximum atomic E-state index is 11.6. The molecule has 1 aromatic carbocycles. The van der Waals surface area contributed by atoms with Crippen molar-refractivity contribution in [2.24, 2.45) is 0 Å². The first-order valence-corrected chi connectivity index (χ1v) is 7.27. The summed E-state index contributed by atoms with van der Waals surface area (Å²) in [4.78, 5) is 16.4. The van der Waals surface area contributed by atoms with Gasteiger partial charge in [0.1, 0.15) is 0 Å². The Bertz CT molecular complexity index is 446. The van der Waals surface area contributed by atoms with Crippen LogP contribution < -0.4 is 4.90 Å². The molecule has 4 heteroatoms. The molecular weight excluding hydrogens is 252 g/mol. The van der Waals surface area contributed by atoms with E-state index in [9.17, 15) is 4.79 Å². The van der Waals surface area contributed by atoms with E-state index in [-0.39, 0.29) is 5.97 Å². The van der Waals surface area contributed by atoms with E-state index in [0.29, 0.717) is 24.3 Å². The van der Waals surface area contributed by atoms with E-state index in [4.69, 9.17) is 4.74 Å². The van der Waals surface area contributed by atoms with Crippen molar-refractivity contribution < 1.29 is 9.53 Å². The van der Waals surface area contributed by atoms with Crippen LogP contribution >= 0.6 is 0 Å². The van der Waals surface area contributed by atoms with Gasteiger partial charge in [0.2, 0.25) is 0 Å². The topological polar surface area (TPSA) is 32.8 Å². The molecule has 2 atom stereocenters. The maximum absolute atomic E-state index is 11.6. The maximum Gasteiger partial charge on any atom is 0.338 e. The van der Waals surface area contributed by atoms with Crippen molar-refractivity contribution in [3.05, 3.63) is 29.8 Å². The Balaban J connectivity index is 2.08. The van der Waals surface area contributed by atoms with Gasteiger partial charge in [-0.2, -0.15) is 0 Å². The van der Waals surface area contributed by atoms with Crippen LogP contribution in [0, 0.1) is 0 Å². The van der Waals surface area contributed by atoms with E-state index in [0.717, 1.165) is 13.1 Å². The van der Waals surface area contributed by atoms with Crippen LogP contribution in [0.3, 0.4) is 0 Å². The zero-order valence-electron chi connectivity index (χ0n) is 12.8. The average molecular weight is 276 g/mol. The van der Waals surface area contributed by atoms with Gasteiger partial charge in [-0.25, -0.2) is 4.79 Å². The van der Waals surface area contributed by atoms with E-state index in [2.05, 4.69) is 30.7 Å². The van der Waals surface area contributed by atoms with Gasteiger partial charge in [0.05, 0.1) is 12.2 Å². The van der Waals surface area contributed by atoms with Gasteiger partial charge in [0.15, 0.2) is 0 Å². The molecule has 1 aromatic rings. The number of likely N-dealkylation sites (N-methyl/N-ethyl adjacent to an activating group) is 1. The lowest BCUT2D eigenvalue weighted by Crippen LogP contribution is -2.55. The Morgan fingerprint density at radius 2 is 1.75 bits per heavy atom. The summed E-state index contributed by atoms with van der Waals surface area (Å²) in [6, 6.07) is 8.78. The first-order chi connectivity index (χ1) is 9.52. The van der Waals surface area contributed by atoms with E-state index >= 15 is 0 Å². The van der Waals surface area contributed by atoms with Crippen molar-refractivity contribution in [1.82, 2.24) is 4.90 Å². The Kier molecular flexibility index (Phi) is 4.65. The molecule has 0 N–H and O–H groups in total. The number of piperazine rings is 1. The number of ether oxygens (including phenoxy) is 1. The summed E-state index contributed by atoms with van der Waals surface area (Å²) in [6.45, 7) is 8.75. The fraction of sp³-hybridized carbons (Fsp3) is 0.562. The summed E-state index contributed by atoms with van der Waals surface area (Å²) >= 11 is 0. The van der Waals surface area contributed by atoms with Crippen LogP contribution in [0.2, 0.25) is 0 Å². The molecule has 0 spiro atoms. The van der Waals surface area contributed by atoms with E-state index < -0.39 is 0 Å². The van der Waals surface area contributed by atoms with Crippen LogP contribution in [-0.4, -0.2) is 49.7 Å². The summed E-state index contributed by atoms with van der Waals surface area (Å²) in [5.74, 6) is -0.251. The molecule has 1 aliphatic heterocycles. The van der Waals surface area contributed by atoms with Gasteiger partial charge in [0.25, 0.3) is 0 Å². The number of rotatable bonds is 3. The lowest BCUT2D eigenvalue weighted by molar-refractivity contribution is 0.0526. The smallest absolute Gasteiger partial charge is 0.338 e. The van der Waals surface area contributed by atoms with Gasteiger partial charge in [-0.3, -0.25) is 4.90 Å².